The van der Waals surface area contributed by atoms with Gasteiger partial charge in [-0.1, -0.05) is 43.2 Å². The number of ketones is 2. The zero-order valence-corrected chi connectivity index (χ0v) is 23.2. The second-order valence-electron chi connectivity index (χ2n) is 12.8. The molecule has 38 heavy (non-hydrogen) atoms. The van der Waals surface area contributed by atoms with Gasteiger partial charge in [-0.15, -0.1) is 0 Å². The Hall–Kier alpha value is -2.44. The van der Waals surface area contributed by atoms with Gasteiger partial charge < -0.3 is 14.7 Å². The fourth-order valence-electron chi connectivity index (χ4n) is 8.70. The molecule has 1 aromatic carbocycles. The molecule has 5 atom stereocenters. The number of rotatable bonds is 5. The molecule has 4 aliphatic carbocycles. The minimum Gasteiger partial charge on any atom is -0.495 e. The number of anilines is 1. The van der Waals surface area contributed by atoms with Crippen LogP contribution >= 0.6 is 0 Å². The minimum absolute atomic E-state index is 0.00374. The molecule has 2 saturated carbocycles. The van der Waals surface area contributed by atoms with Crippen LogP contribution in [0, 0.1) is 22.7 Å². The van der Waals surface area contributed by atoms with Gasteiger partial charge in [0.25, 0.3) is 0 Å². The molecule has 5 aliphatic rings. The van der Waals surface area contributed by atoms with E-state index in [1.54, 1.807) is 7.11 Å². The first-order chi connectivity index (χ1) is 18.2. The molecule has 0 unspecified atom stereocenters. The average Bonchev–Trinajstić information content (AvgIpc) is 3.21. The minimum atomic E-state index is -1.28. The van der Waals surface area contributed by atoms with E-state index < -0.39 is 11.0 Å². The van der Waals surface area contributed by atoms with Crippen molar-refractivity contribution < 1.29 is 19.4 Å². The Labute approximate surface area is 226 Å². The Kier molecular flexibility index (Phi) is 6.34. The van der Waals surface area contributed by atoms with Crippen molar-refractivity contribution in [3.63, 3.8) is 0 Å². The molecular formula is C32H42N2O4. The van der Waals surface area contributed by atoms with Gasteiger partial charge in [-0.2, -0.15) is 0 Å². The number of aliphatic hydroxyl groups is 1. The monoisotopic (exact) mass is 518 g/mol. The molecule has 1 aromatic rings. The van der Waals surface area contributed by atoms with Crippen molar-refractivity contribution >= 4 is 17.3 Å². The second-order valence-corrected chi connectivity index (χ2v) is 12.8. The maximum atomic E-state index is 13.8. The van der Waals surface area contributed by atoms with Crippen molar-refractivity contribution in [2.45, 2.75) is 64.4 Å². The number of piperazine rings is 1. The van der Waals surface area contributed by atoms with Crippen LogP contribution in [0.3, 0.4) is 0 Å². The van der Waals surface area contributed by atoms with Crippen molar-refractivity contribution in [1.29, 1.82) is 0 Å². The van der Waals surface area contributed by atoms with Crippen LogP contribution in [0.5, 0.6) is 5.75 Å². The summed E-state index contributed by atoms with van der Waals surface area (Å²) in [5.41, 5.74) is 2.14. The van der Waals surface area contributed by atoms with E-state index in [1.807, 2.05) is 24.3 Å². The number of nitrogens with zero attached hydrogens (tertiary/aromatic N) is 2. The van der Waals surface area contributed by atoms with E-state index in [0.717, 1.165) is 69.7 Å². The third-order valence-corrected chi connectivity index (χ3v) is 11.1. The summed E-state index contributed by atoms with van der Waals surface area (Å²) in [5, 5.41) is 12.1. The van der Waals surface area contributed by atoms with E-state index >= 15 is 0 Å². The normalized spacial score (nSPS) is 37.1. The fraction of sp³-hybridized carbons (Fsp3) is 0.625. The number of allylic oxidation sites excluding steroid dienone is 4. The van der Waals surface area contributed by atoms with Crippen molar-refractivity contribution in [2.24, 2.45) is 22.7 Å². The summed E-state index contributed by atoms with van der Waals surface area (Å²) in [6.45, 7) is 8.05. The SMILES string of the molecule is COc1ccccc1N1CCN(CC(=O)[C@@]2(O)CC[C@H]3[C@@H]4CCC5=CC(=O)CC[C@]5(C)C4=CC[C@@]32C)CC1. The van der Waals surface area contributed by atoms with Crippen LogP contribution < -0.4 is 9.64 Å². The average molecular weight is 519 g/mol. The van der Waals surface area contributed by atoms with Crippen LogP contribution in [-0.2, 0) is 9.59 Å². The van der Waals surface area contributed by atoms with Gasteiger partial charge >= 0.3 is 0 Å². The van der Waals surface area contributed by atoms with E-state index in [4.69, 9.17) is 4.74 Å². The Balaban J connectivity index is 1.16. The topological polar surface area (TPSA) is 70.1 Å². The van der Waals surface area contributed by atoms with Crippen LogP contribution in [-0.4, -0.2) is 67.0 Å². The quantitative estimate of drug-likeness (QED) is 0.576. The predicted octanol–water partition coefficient (Wildman–Crippen LogP) is 4.57. The molecule has 1 N–H and O–H groups in total. The second kappa shape index (κ2) is 9.34. The van der Waals surface area contributed by atoms with E-state index in [0.29, 0.717) is 31.2 Å². The number of fused-ring (bicyclic) bond motifs is 5. The molecule has 1 aliphatic heterocycles. The summed E-state index contributed by atoms with van der Waals surface area (Å²) in [6, 6.07) is 8.08. The Morgan fingerprint density at radius 3 is 2.61 bits per heavy atom. The molecule has 1 saturated heterocycles. The van der Waals surface area contributed by atoms with E-state index in [9.17, 15) is 14.7 Å². The molecule has 0 aromatic heterocycles. The molecule has 6 heteroatoms. The number of ether oxygens (including phenoxy) is 1. The first kappa shape index (κ1) is 25.8. The summed E-state index contributed by atoms with van der Waals surface area (Å²) >= 11 is 0. The lowest BCUT2D eigenvalue weighted by atomic mass is 9.50. The third kappa shape index (κ3) is 3.82. The number of methoxy groups -OCH3 is 1. The van der Waals surface area contributed by atoms with E-state index in [2.05, 4.69) is 35.8 Å². The maximum Gasteiger partial charge on any atom is 0.178 e. The Bertz CT molecular complexity index is 1200. The molecule has 6 nitrogen and oxygen atoms in total. The summed E-state index contributed by atoms with van der Waals surface area (Å²) < 4.78 is 5.54. The Morgan fingerprint density at radius 1 is 1.08 bits per heavy atom. The Morgan fingerprint density at radius 2 is 1.84 bits per heavy atom. The molecule has 0 radical (unpaired) electrons. The first-order valence-electron chi connectivity index (χ1n) is 14.5. The summed E-state index contributed by atoms with van der Waals surface area (Å²) in [5.74, 6) is 1.85. The summed E-state index contributed by atoms with van der Waals surface area (Å²) in [7, 11) is 1.70. The highest BCUT2D eigenvalue weighted by Gasteiger charge is 2.64. The standard InChI is InChI=1S/C32H42N2O4/c1-30-13-10-23(35)20-22(30)8-9-24-25(30)11-14-31(2)26(24)12-15-32(31,37)29(36)21-33-16-18-34(19-17-33)27-6-4-5-7-28(27)38-3/h4-7,11,20,24,26,37H,8-10,12-19,21H2,1-3H3/t24-,26+,30+,31+,32+/m1/s1. The lowest BCUT2D eigenvalue weighted by Crippen LogP contribution is -2.58. The van der Waals surface area contributed by atoms with Gasteiger partial charge in [0.05, 0.1) is 19.3 Å². The van der Waals surface area contributed by atoms with Crippen molar-refractivity contribution in [3.05, 3.63) is 47.6 Å². The summed E-state index contributed by atoms with van der Waals surface area (Å²) in [6.07, 6.45) is 9.97. The van der Waals surface area contributed by atoms with Gasteiger partial charge in [0.2, 0.25) is 0 Å². The number of para-hydroxylation sites is 2. The molecule has 204 valence electrons. The lowest BCUT2D eigenvalue weighted by Gasteiger charge is -2.54. The molecule has 6 rings (SSSR count). The third-order valence-electron chi connectivity index (χ3n) is 11.1. The van der Waals surface area contributed by atoms with Crippen LogP contribution in [0.1, 0.15) is 58.8 Å². The molecular weight excluding hydrogens is 476 g/mol. The maximum absolute atomic E-state index is 13.8. The molecule has 0 bridgehead atoms. The van der Waals surface area contributed by atoms with Crippen LogP contribution in [0.15, 0.2) is 47.6 Å². The highest BCUT2D eigenvalue weighted by Crippen LogP contribution is 2.65. The molecule has 3 fully saturated rings. The van der Waals surface area contributed by atoms with Crippen LogP contribution in [0.25, 0.3) is 0 Å². The smallest absolute Gasteiger partial charge is 0.178 e. The number of carbonyl (C=O) groups excluding carboxylic acids is 2. The van der Waals surface area contributed by atoms with Crippen molar-refractivity contribution in [1.82, 2.24) is 4.90 Å². The van der Waals surface area contributed by atoms with Gasteiger partial charge in [0.1, 0.15) is 11.4 Å². The van der Waals surface area contributed by atoms with Crippen LogP contribution in [0.4, 0.5) is 5.69 Å². The summed E-state index contributed by atoms with van der Waals surface area (Å²) in [4.78, 5) is 30.5. The largest absolute Gasteiger partial charge is 0.495 e. The lowest BCUT2D eigenvalue weighted by molar-refractivity contribution is -0.154. The van der Waals surface area contributed by atoms with Gasteiger partial charge in [-0.05, 0) is 68.6 Å². The first-order valence-corrected chi connectivity index (χ1v) is 14.5. The molecule has 0 amide bonds. The molecule has 0 spiro atoms. The fourth-order valence-corrected chi connectivity index (χ4v) is 8.70. The number of hydrogen-bond acceptors (Lipinski definition) is 6. The van der Waals surface area contributed by atoms with Crippen molar-refractivity contribution in [2.75, 3.05) is 44.7 Å². The van der Waals surface area contributed by atoms with Gasteiger partial charge in [0, 0.05) is 43.4 Å². The van der Waals surface area contributed by atoms with Crippen molar-refractivity contribution in [3.8, 4) is 5.75 Å². The number of benzene rings is 1. The van der Waals surface area contributed by atoms with E-state index in [-0.39, 0.29) is 17.0 Å². The predicted molar refractivity (Wildman–Crippen MR) is 148 cm³/mol. The molecule has 1 heterocycles. The number of carbonyl (C=O) groups is 2. The van der Waals surface area contributed by atoms with Gasteiger partial charge in [-0.3, -0.25) is 14.5 Å². The van der Waals surface area contributed by atoms with Gasteiger partial charge in [-0.25, -0.2) is 0 Å². The number of Topliss-reactive ketones (excluding diaryl/α,β-unsaturated/α-hetero) is 1. The highest BCUT2D eigenvalue weighted by molar-refractivity contribution is 5.92. The zero-order valence-electron chi connectivity index (χ0n) is 23.2. The number of hydrogen-bond donors (Lipinski definition) is 1. The van der Waals surface area contributed by atoms with Crippen LogP contribution in [0.2, 0.25) is 0 Å². The highest BCUT2D eigenvalue weighted by atomic mass is 16.5. The zero-order chi connectivity index (χ0) is 26.7. The van der Waals surface area contributed by atoms with E-state index in [1.165, 1.54) is 11.1 Å². The van der Waals surface area contributed by atoms with Gasteiger partial charge in [0.15, 0.2) is 11.6 Å².